The van der Waals surface area contributed by atoms with Gasteiger partial charge >= 0.3 is 0 Å². The molecule has 0 spiro atoms. The molecule has 1 aromatic carbocycles. The number of carbonyl (C=O) groups is 1. The van der Waals surface area contributed by atoms with E-state index in [2.05, 4.69) is 33.9 Å². The molecule has 0 saturated heterocycles. The van der Waals surface area contributed by atoms with E-state index in [1.54, 1.807) is 6.07 Å². The van der Waals surface area contributed by atoms with E-state index in [-0.39, 0.29) is 23.8 Å². The van der Waals surface area contributed by atoms with Crippen LogP contribution >= 0.6 is 23.4 Å². The summed E-state index contributed by atoms with van der Waals surface area (Å²) in [5, 5.41) is 12.6. The smallest absolute Gasteiger partial charge is 0.233 e. The highest BCUT2D eigenvalue weighted by Gasteiger charge is 2.23. The van der Waals surface area contributed by atoms with Crippen molar-refractivity contribution in [2.45, 2.75) is 63.6 Å². The summed E-state index contributed by atoms with van der Waals surface area (Å²) in [5.41, 5.74) is 0. The van der Waals surface area contributed by atoms with Crippen molar-refractivity contribution in [2.24, 2.45) is 0 Å². The Hall–Kier alpha value is -1.73. The summed E-state index contributed by atoms with van der Waals surface area (Å²) in [6.07, 6.45) is 1.88. The standard InChI is InChI=1S/C19H27ClN4O2S/c1-5-14(6-2)24-17(12-26-16-11-9-8-10-15(16)20)22-23-19(24)27-13(4)18(25)21-7-3/h8-11,13-14H,5-7,12H2,1-4H3,(H,21,25)/t13-/m1/s1. The van der Waals surface area contributed by atoms with Gasteiger partial charge in [-0.1, -0.05) is 49.3 Å². The molecular weight excluding hydrogens is 384 g/mol. The van der Waals surface area contributed by atoms with E-state index in [9.17, 15) is 4.79 Å². The fraction of sp³-hybridized carbons (Fsp3) is 0.526. The maximum Gasteiger partial charge on any atom is 0.233 e. The van der Waals surface area contributed by atoms with Gasteiger partial charge in [-0.25, -0.2) is 0 Å². The normalized spacial score (nSPS) is 12.2. The zero-order valence-electron chi connectivity index (χ0n) is 16.2. The van der Waals surface area contributed by atoms with E-state index in [0.717, 1.165) is 23.8 Å². The maximum absolute atomic E-state index is 12.1. The van der Waals surface area contributed by atoms with Crippen LogP contribution in [0.15, 0.2) is 29.4 Å². The molecule has 0 bridgehead atoms. The molecule has 1 atom stereocenters. The van der Waals surface area contributed by atoms with E-state index in [1.165, 1.54) is 11.8 Å². The highest BCUT2D eigenvalue weighted by atomic mass is 35.5. The van der Waals surface area contributed by atoms with Gasteiger partial charge in [-0.05, 0) is 38.8 Å². The molecule has 1 aromatic heterocycles. The van der Waals surface area contributed by atoms with Crippen molar-refractivity contribution in [1.82, 2.24) is 20.1 Å². The van der Waals surface area contributed by atoms with Gasteiger partial charge in [0.1, 0.15) is 12.4 Å². The third-order valence-corrected chi connectivity index (χ3v) is 5.61. The Morgan fingerprint density at radius 3 is 2.59 bits per heavy atom. The number of thioether (sulfide) groups is 1. The Balaban J connectivity index is 2.23. The number of ether oxygens (including phenoxy) is 1. The molecule has 0 aliphatic carbocycles. The van der Waals surface area contributed by atoms with Gasteiger partial charge in [0, 0.05) is 12.6 Å². The second-order valence-corrected chi connectivity index (χ2v) is 7.83. The molecule has 148 valence electrons. The number of nitrogens with one attached hydrogen (secondary N) is 1. The van der Waals surface area contributed by atoms with Crippen LogP contribution in [0.4, 0.5) is 0 Å². The van der Waals surface area contributed by atoms with Crippen molar-refractivity contribution >= 4 is 29.3 Å². The molecule has 8 heteroatoms. The Kier molecular flexibility index (Phi) is 8.44. The van der Waals surface area contributed by atoms with Gasteiger partial charge in [-0.15, -0.1) is 10.2 Å². The monoisotopic (exact) mass is 410 g/mol. The quantitative estimate of drug-likeness (QED) is 0.584. The number of amides is 1. The average Bonchev–Trinajstić information content (AvgIpc) is 3.05. The van der Waals surface area contributed by atoms with Crippen LogP contribution in [-0.4, -0.2) is 32.5 Å². The van der Waals surface area contributed by atoms with E-state index in [4.69, 9.17) is 16.3 Å². The molecule has 0 aliphatic rings. The molecule has 27 heavy (non-hydrogen) atoms. The highest BCUT2D eigenvalue weighted by molar-refractivity contribution is 8.00. The summed E-state index contributed by atoms with van der Waals surface area (Å²) in [6.45, 7) is 8.93. The summed E-state index contributed by atoms with van der Waals surface area (Å²) in [4.78, 5) is 12.1. The van der Waals surface area contributed by atoms with Gasteiger partial charge in [-0.2, -0.15) is 0 Å². The van der Waals surface area contributed by atoms with E-state index >= 15 is 0 Å². The van der Waals surface area contributed by atoms with Crippen LogP contribution in [0, 0.1) is 0 Å². The van der Waals surface area contributed by atoms with Crippen molar-refractivity contribution < 1.29 is 9.53 Å². The average molecular weight is 411 g/mol. The minimum absolute atomic E-state index is 0.00420. The number of hydrogen-bond acceptors (Lipinski definition) is 5. The van der Waals surface area contributed by atoms with E-state index in [0.29, 0.717) is 17.3 Å². The second-order valence-electron chi connectivity index (χ2n) is 6.11. The van der Waals surface area contributed by atoms with Gasteiger partial charge in [-0.3, -0.25) is 4.79 Å². The SMILES string of the molecule is CCNC(=O)[C@@H](C)Sc1nnc(COc2ccccc2Cl)n1C(CC)CC. The van der Waals surface area contributed by atoms with Gasteiger partial charge in [0.25, 0.3) is 0 Å². The third-order valence-electron chi connectivity index (χ3n) is 4.24. The molecule has 1 N–H and O–H groups in total. The lowest BCUT2D eigenvalue weighted by molar-refractivity contribution is -0.120. The van der Waals surface area contributed by atoms with Crippen LogP contribution < -0.4 is 10.1 Å². The Morgan fingerprint density at radius 1 is 1.26 bits per heavy atom. The first-order valence-electron chi connectivity index (χ1n) is 9.27. The molecule has 2 aromatic rings. The number of carbonyl (C=O) groups excluding carboxylic acids is 1. The van der Waals surface area contributed by atoms with Crippen LogP contribution in [0.5, 0.6) is 5.75 Å². The fourth-order valence-electron chi connectivity index (χ4n) is 2.74. The molecular formula is C19H27ClN4O2S. The van der Waals surface area contributed by atoms with Gasteiger partial charge in [0.15, 0.2) is 11.0 Å². The Labute approximate surface area is 170 Å². The van der Waals surface area contributed by atoms with Crippen molar-refractivity contribution in [3.05, 3.63) is 35.1 Å². The number of aromatic nitrogens is 3. The lowest BCUT2D eigenvalue weighted by atomic mass is 10.2. The molecule has 0 aliphatic heterocycles. The predicted octanol–water partition coefficient (Wildman–Crippen LogP) is 4.49. The first-order chi connectivity index (χ1) is 13.0. The van der Waals surface area contributed by atoms with Crippen molar-refractivity contribution in [3.8, 4) is 5.75 Å². The fourth-order valence-corrected chi connectivity index (χ4v) is 3.89. The minimum Gasteiger partial charge on any atom is -0.484 e. The number of benzene rings is 1. The van der Waals surface area contributed by atoms with Crippen LogP contribution in [-0.2, 0) is 11.4 Å². The summed E-state index contributed by atoms with van der Waals surface area (Å²) >= 11 is 7.59. The molecule has 0 fully saturated rings. The van der Waals surface area contributed by atoms with Crippen molar-refractivity contribution in [1.29, 1.82) is 0 Å². The first kappa shape index (κ1) is 21.6. The number of nitrogens with zero attached hydrogens (tertiary/aromatic N) is 3. The molecule has 6 nitrogen and oxygen atoms in total. The number of para-hydroxylation sites is 1. The van der Waals surface area contributed by atoms with Crippen LogP contribution in [0.1, 0.15) is 52.4 Å². The van der Waals surface area contributed by atoms with Gasteiger partial charge < -0.3 is 14.6 Å². The number of hydrogen-bond donors (Lipinski definition) is 1. The van der Waals surface area contributed by atoms with Crippen LogP contribution in [0.25, 0.3) is 0 Å². The van der Waals surface area contributed by atoms with Crippen LogP contribution in [0.3, 0.4) is 0 Å². The molecule has 0 unspecified atom stereocenters. The van der Waals surface area contributed by atoms with Crippen molar-refractivity contribution in [3.63, 3.8) is 0 Å². The van der Waals surface area contributed by atoms with Gasteiger partial charge in [0.05, 0.1) is 10.3 Å². The van der Waals surface area contributed by atoms with Crippen molar-refractivity contribution in [2.75, 3.05) is 6.54 Å². The molecule has 1 heterocycles. The molecule has 0 radical (unpaired) electrons. The lowest BCUT2D eigenvalue weighted by Crippen LogP contribution is -2.30. The minimum atomic E-state index is -0.250. The predicted molar refractivity (Wildman–Crippen MR) is 109 cm³/mol. The zero-order valence-corrected chi connectivity index (χ0v) is 17.8. The summed E-state index contributed by atoms with van der Waals surface area (Å²) < 4.78 is 7.96. The maximum atomic E-state index is 12.1. The number of halogens is 1. The summed E-state index contributed by atoms with van der Waals surface area (Å²) in [7, 11) is 0. The lowest BCUT2D eigenvalue weighted by Gasteiger charge is -2.20. The molecule has 0 saturated carbocycles. The summed E-state index contributed by atoms with van der Waals surface area (Å²) in [6, 6.07) is 7.60. The first-order valence-corrected chi connectivity index (χ1v) is 10.5. The van der Waals surface area contributed by atoms with Gasteiger partial charge in [0.2, 0.25) is 5.91 Å². The Morgan fingerprint density at radius 2 is 1.96 bits per heavy atom. The van der Waals surface area contributed by atoms with E-state index in [1.807, 2.05) is 32.0 Å². The second kappa shape index (κ2) is 10.6. The Bertz CT molecular complexity index is 749. The number of rotatable bonds is 10. The third kappa shape index (κ3) is 5.62. The largest absolute Gasteiger partial charge is 0.484 e. The highest BCUT2D eigenvalue weighted by Crippen LogP contribution is 2.30. The topological polar surface area (TPSA) is 69.0 Å². The van der Waals surface area contributed by atoms with Crippen LogP contribution in [0.2, 0.25) is 5.02 Å². The zero-order chi connectivity index (χ0) is 19.8. The molecule has 2 rings (SSSR count). The van der Waals surface area contributed by atoms with E-state index < -0.39 is 0 Å². The summed E-state index contributed by atoms with van der Waals surface area (Å²) in [5.74, 6) is 1.34. The molecule has 1 amide bonds.